The largest absolute Gasteiger partial charge is 0.481 e. The molecule has 0 unspecified atom stereocenters. The van der Waals surface area contributed by atoms with Crippen LogP contribution in [0.4, 0.5) is 11.4 Å². The number of aliphatic carboxylic acids is 1. The Hall–Kier alpha value is -3.15. The van der Waals surface area contributed by atoms with E-state index < -0.39 is 5.97 Å². The number of para-hydroxylation sites is 1. The SMILES string of the molecule is Cc1cc(C(=O)Nc2ccccc2CC(=O)O)ccc1NC(=O)CC(C)C. The highest BCUT2D eigenvalue weighted by atomic mass is 16.4. The van der Waals surface area contributed by atoms with E-state index in [1.54, 1.807) is 42.5 Å². The standard InChI is InChI=1S/C21H24N2O4/c1-13(2)10-19(24)22-17-9-8-16(11-14(17)3)21(27)23-18-7-5-4-6-15(18)12-20(25)26/h4-9,11,13H,10,12H2,1-3H3,(H,22,24)(H,23,27)(H,25,26). The van der Waals surface area contributed by atoms with E-state index >= 15 is 0 Å². The normalized spacial score (nSPS) is 10.5. The maximum atomic E-state index is 12.5. The quantitative estimate of drug-likeness (QED) is 0.691. The molecule has 2 rings (SSSR count). The van der Waals surface area contributed by atoms with Gasteiger partial charge in [-0.2, -0.15) is 0 Å². The molecule has 142 valence electrons. The maximum absolute atomic E-state index is 12.5. The molecule has 2 aromatic rings. The topological polar surface area (TPSA) is 95.5 Å². The molecule has 0 atom stereocenters. The minimum atomic E-state index is -0.964. The molecule has 3 N–H and O–H groups in total. The Balaban J connectivity index is 2.13. The Morgan fingerprint density at radius 3 is 2.33 bits per heavy atom. The van der Waals surface area contributed by atoms with Crippen molar-refractivity contribution in [2.75, 3.05) is 10.6 Å². The summed E-state index contributed by atoms with van der Waals surface area (Å²) in [5.41, 5.74) is 2.88. The lowest BCUT2D eigenvalue weighted by Crippen LogP contribution is -2.16. The lowest BCUT2D eigenvalue weighted by molar-refractivity contribution is -0.136. The number of rotatable bonds is 7. The molecule has 6 heteroatoms. The van der Waals surface area contributed by atoms with Gasteiger partial charge in [0.25, 0.3) is 5.91 Å². The first kappa shape index (κ1) is 20.2. The van der Waals surface area contributed by atoms with Crippen molar-refractivity contribution in [3.63, 3.8) is 0 Å². The monoisotopic (exact) mass is 368 g/mol. The predicted molar refractivity (Wildman–Crippen MR) is 105 cm³/mol. The summed E-state index contributed by atoms with van der Waals surface area (Å²) in [6.45, 7) is 5.77. The van der Waals surface area contributed by atoms with Crippen LogP contribution in [0.25, 0.3) is 0 Å². The number of carbonyl (C=O) groups excluding carboxylic acids is 2. The zero-order valence-corrected chi connectivity index (χ0v) is 15.7. The third kappa shape index (κ3) is 5.95. The second-order valence-corrected chi connectivity index (χ2v) is 6.86. The van der Waals surface area contributed by atoms with E-state index in [-0.39, 0.29) is 24.2 Å². The third-order valence-corrected chi connectivity index (χ3v) is 3.96. The van der Waals surface area contributed by atoms with Gasteiger partial charge in [-0.15, -0.1) is 0 Å². The molecule has 0 aliphatic carbocycles. The van der Waals surface area contributed by atoms with Crippen molar-refractivity contribution in [3.8, 4) is 0 Å². The minimum absolute atomic E-state index is 0.0621. The van der Waals surface area contributed by atoms with Crippen molar-refractivity contribution in [1.82, 2.24) is 0 Å². The van der Waals surface area contributed by atoms with Gasteiger partial charge in [0, 0.05) is 23.4 Å². The predicted octanol–water partition coefficient (Wildman–Crippen LogP) is 3.86. The molecule has 2 aromatic carbocycles. The van der Waals surface area contributed by atoms with E-state index in [2.05, 4.69) is 10.6 Å². The molecule has 0 saturated heterocycles. The number of amides is 2. The highest BCUT2D eigenvalue weighted by Gasteiger charge is 2.13. The lowest BCUT2D eigenvalue weighted by Gasteiger charge is -2.13. The molecule has 0 bridgehead atoms. The van der Waals surface area contributed by atoms with Crippen LogP contribution < -0.4 is 10.6 Å². The Bertz CT molecular complexity index is 859. The zero-order chi connectivity index (χ0) is 20.0. The van der Waals surface area contributed by atoms with Crippen LogP contribution >= 0.6 is 0 Å². The molecule has 2 amide bonds. The van der Waals surface area contributed by atoms with E-state index in [0.717, 1.165) is 5.56 Å². The average Bonchev–Trinajstić information content (AvgIpc) is 2.57. The molecule has 0 saturated carbocycles. The number of carbonyl (C=O) groups is 3. The fourth-order valence-corrected chi connectivity index (χ4v) is 2.67. The van der Waals surface area contributed by atoms with Crippen molar-refractivity contribution in [3.05, 3.63) is 59.2 Å². The molecule has 0 aliphatic rings. The van der Waals surface area contributed by atoms with Crippen LogP contribution in [0.15, 0.2) is 42.5 Å². The van der Waals surface area contributed by atoms with Crippen molar-refractivity contribution in [2.24, 2.45) is 5.92 Å². The molecule has 0 heterocycles. The molecule has 6 nitrogen and oxygen atoms in total. The smallest absolute Gasteiger partial charge is 0.307 e. The molecular formula is C21H24N2O4. The van der Waals surface area contributed by atoms with E-state index in [1.165, 1.54) is 0 Å². The summed E-state index contributed by atoms with van der Waals surface area (Å²) < 4.78 is 0. The molecule has 0 spiro atoms. The second kappa shape index (κ2) is 8.98. The first-order chi connectivity index (χ1) is 12.8. The molecule has 0 aromatic heterocycles. The van der Waals surface area contributed by atoms with Gasteiger partial charge in [-0.25, -0.2) is 0 Å². The average molecular weight is 368 g/mol. The summed E-state index contributed by atoms with van der Waals surface area (Å²) >= 11 is 0. The van der Waals surface area contributed by atoms with Gasteiger partial charge in [0.15, 0.2) is 0 Å². The molecule has 0 fully saturated rings. The summed E-state index contributed by atoms with van der Waals surface area (Å²) in [6.07, 6.45) is 0.262. The third-order valence-electron chi connectivity index (χ3n) is 3.96. The number of hydrogen-bond donors (Lipinski definition) is 3. The first-order valence-electron chi connectivity index (χ1n) is 8.77. The maximum Gasteiger partial charge on any atom is 0.307 e. The lowest BCUT2D eigenvalue weighted by atomic mass is 10.1. The van der Waals surface area contributed by atoms with Gasteiger partial charge >= 0.3 is 5.97 Å². The Kier molecular flexibility index (Phi) is 6.71. The van der Waals surface area contributed by atoms with Crippen molar-refractivity contribution in [1.29, 1.82) is 0 Å². The highest BCUT2D eigenvalue weighted by molar-refractivity contribution is 6.05. The fourth-order valence-electron chi connectivity index (χ4n) is 2.67. The van der Waals surface area contributed by atoms with Crippen LogP contribution in [0, 0.1) is 12.8 Å². The summed E-state index contributed by atoms with van der Waals surface area (Å²) in [6, 6.07) is 11.8. The van der Waals surface area contributed by atoms with Crippen LogP contribution in [-0.2, 0) is 16.0 Å². The number of hydrogen-bond acceptors (Lipinski definition) is 3. The fraction of sp³-hybridized carbons (Fsp3) is 0.286. The molecule has 0 aliphatic heterocycles. The number of aryl methyl sites for hydroxylation is 1. The highest BCUT2D eigenvalue weighted by Crippen LogP contribution is 2.20. The number of benzene rings is 2. The van der Waals surface area contributed by atoms with Crippen LogP contribution in [0.3, 0.4) is 0 Å². The van der Waals surface area contributed by atoms with E-state index in [4.69, 9.17) is 5.11 Å². The van der Waals surface area contributed by atoms with Crippen LogP contribution in [0.1, 0.15) is 41.8 Å². The Morgan fingerprint density at radius 1 is 1.00 bits per heavy atom. The Labute approximate surface area is 158 Å². The number of anilines is 2. The molecule has 27 heavy (non-hydrogen) atoms. The van der Waals surface area contributed by atoms with Crippen LogP contribution in [-0.4, -0.2) is 22.9 Å². The summed E-state index contributed by atoms with van der Waals surface area (Å²) in [4.78, 5) is 35.4. The van der Waals surface area contributed by atoms with Gasteiger partial charge in [-0.3, -0.25) is 14.4 Å². The molecule has 0 radical (unpaired) electrons. The zero-order valence-electron chi connectivity index (χ0n) is 15.7. The summed E-state index contributed by atoms with van der Waals surface area (Å²) in [5, 5.41) is 14.6. The number of carboxylic acid groups (broad SMARTS) is 1. The van der Waals surface area contributed by atoms with Gasteiger partial charge in [0.1, 0.15) is 0 Å². The van der Waals surface area contributed by atoms with E-state index in [1.807, 2.05) is 20.8 Å². The van der Waals surface area contributed by atoms with E-state index in [0.29, 0.717) is 28.9 Å². The number of nitrogens with one attached hydrogen (secondary N) is 2. The Morgan fingerprint density at radius 2 is 1.70 bits per heavy atom. The minimum Gasteiger partial charge on any atom is -0.481 e. The molecular weight excluding hydrogens is 344 g/mol. The van der Waals surface area contributed by atoms with Gasteiger partial charge in [0.2, 0.25) is 5.91 Å². The number of carboxylic acids is 1. The van der Waals surface area contributed by atoms with Crippen molar-refractivity contribution in [2.45, 2.75) is 33.6 Å². The van der Waals surface area contributed by atoms with Crippen LogP contribution in [0.5, 0.6) is 0 Å². The van der Waals surface area contributed by atoms with Crippen molar-refractivity contribution >= 4 is 29.2 Å². The summed E-state index contributed by atoms with van der Waals surface area (Å²) in [7, 11) is 0. The van der Waals surface area contributed by atoms with Gasteiger partial charge < -0.3 is 15.7 Å². The van der Waals surface area contributed by atoms with Gasteiger partial charge in [-0.1, -0.05) is 32.0 Å². The van der Waals surface area contributed by atoms with Gasteiger partial charge in [-0.05, 0) is 48.2 Å². The second-order valence-electron chi connectivity index (χ2n) is 6.86. The summed E-state index contributed by atoms with van der Waals surface area (Å²) in [5.74, 6) is -1.10. The van der Waals surface area contributed by atoms with Gasteiger partial charge in [0.05, 0.1) is 6.42 Å². The van der Waals surface area contributed by atoms with Crippen LogP contribution in [0.2, 0.25) is 0 Å². The van der Waals surface area contributed by atoms with Crippen molar-refractivity contribution < 1.29 is 19.5 Å². The van der Waals surface area contributed by atoms with E-state index in [9.17, 15) is 14.4 Å². The first-order valence-corrected chi connectivity index (χ1v) is 8.77.